The fourth-order valence-corrected chi connectivity index (χ4v) is 5.92. The SMILES string of the molecule is CCn1c(SCc2cccc(Cl)c2)nnc1-c1csc2c1CC[C@@H](C)C2. The van der Waals surface area contributed by atoms with Crippen molar-refractivity contribution in [1.82, 2.24) is 14.8 Å². The predicted molar refractivity (Wildman–Crippen MR) is 111 cm³/mol. The van der Waals surface area contributed by atoms with Crippen molar-refractivity contribution >= 4 is 34.7 Å². The molecule has 1 aliphatic rings. The predicted octanol–water partition coefficient (Wildman–Crippen LogP) is 6.10. The largest absolute Gasteiger partial charge is 0.302 e. The normalized spacial score (nSPS) is 16.7. The first-order chi connectivity index (χ1) is 12.7. The van der Waals surface area contributed by atoms with Crippen LogP contribution in [-0.4, -0.2) is 14.8 Å². The van der Waals surface area contributed by atoms with E-state index in [4.69, 9.17) is 11.6 Å². The number of thiophene rings is 1. The summed E-state index contributed by atoms with van der Waals surface area (Å²) in [7, 11) is 0. The second-order valence-corrected chi connectivity index (χ2v) is 9.21. The van der Waals surface area contributed by atoms with Crippen LogP contribution in [0.2, 0.25) is 5.02 Å². The third kappa shape index (κ3) is 3.57. The minimum atomic E-state index is 0.778. The van der Waals surface area contributed by atoms with Gasteiger partial charge < -0.3 is 4.57 Å². The second-order valence-electron chi connectivity index (χ2n) is 6.87. The monoisotopic (exact) mass is 403 g/mol. The van der Waals surface area contributed by atoms with Crippen molar-refractivity contribution in [2.24, 2.45) is 5.92 Å². The van der Waals surface area contributed by atoms with E-state index in [0.29, 0.717) is 0 Å². The van der Waals surface area contributed by atoms with Gasteiger partial charge in [-0.2, -0.15) is 0 Å². The lowest BCUT2D eigenvalue weighted by molar-refractivity contribution is 0.508. The molecule has 1 atom stereocenters. The maximum absolute atomic E-state index is 6.09. The van der Waals surface area contributed by atoms with Crippen molar-refractivity contribution in [3.63, 3.8) is 0 Å². The number of benzene rings is 1. The van der Waals surface area contributed by atoms with E-state index in [1.807, 2.05) is 29.5 Å². The molecule has 26 heavy (non-hydrogen) atoms. The van der Waals surface area contributed by atoms with Gasteiger partial charge in [-0.1, -0.05) is 42.4 Å². The fraction of sp³-hybridized carbons (Fsp3) is 0.400. The van der Waals surface area contributed by atoms with Crippen LogP contribution in [0.15, 0.2) is 34.8 Å². The third-order valence-electron chi connectivity index (χ3n) is 4.93. The highest BCUT2D eigenvalue weighted by atomic mass is 35.5. The molecule has 2 heterocycles. The molecule has 0 radical (unpaired) electrons. The van der Waals surface area contributed by atoms with E-state index in [1.54, 1.807) is 11.8 Å². The highest BCUT2D eigenvalue weighted by molar-refractivity contribution is 7.98. The average Bonchev–Trinajstić information content (AvgIpc) is 3.22. The van der Waals surface area contributed by atoms with Gasteiger partial charge in [-0.25, -0.2) is 0 Å². The van der Waals surface area contributed by atoms with Crippen molar-refractivity contribution in [3.8, 4) is 11.4 Å². The van der Waals surface area contributed by atoms with Gasteiger partial charge in [-0.15, -0.1) is 21.5 Å². The Balaban J connectivity index is 1.59. The molecule has 0 N–H and O–H groups in total. The summed E-state index contributed by atoms with van der Waals surface area (Å²) in [6.45, 7) is 5.39. The molecule has 0 saturated carbocycles. The quantitative estimate of drug-likeness (QED) is 0.482. The van der Waals surface area contributed by atoms with Crippen LogP contribution in [0.1, 0.15) is 36.3 Å². The molecule has 0 fully saturated rings. The molecule has 0 amide bonds. The first-order valence-electron chi connectivity index (χ1n) is 9.05. The van der Waals surface area contributed by atoms with E-state index < -0.39 is 0 Å². The Bertz CT molecular complexity index is 916. The van der Waals surface area contributed by atoms with Crippen molar-refractivity contribution in [2.75, 3.05) is 0 Å². The maximum atomic E-state index is 6.09. The van der Waals surface area contributed by atoms with Gasteiger partial charge in [0.15, 0.2) is 11.0 Å². The number of thioether (sulfide) groups is 1. The Morgan fingerprint density at radius 1 is 1.35 bits per heavy atom. The van der Waals surface area contributed by atoms with Gasteiger partial charge in [0.1, 0.15) is 0 Å². The lowest BCUT2D eigenvalue weighted by atomic mass is 9.88. The molecule has 136 valence electrons. The summed E-state index contributed by atoms with van der Waals surface area (Å²) in [6.07, 6.45) is 3.64. The second kappa shape index (κ2) is 7.75. The lowest BCUT2D eigenvalue weighted by Gasteiger charge is -2.19. The van der Waals surface area contributed by atoms with Crippen LogP contribution in [-0.2, 0) is 25.1 Å². The number of aromatic nitrogens is 3. The van der Waals surface area contributed by atoms with Crippen LogP contribution in [0.5, 0.6) is 0 Å². The maximum Gasteiger partial charge on any atom is 0.191 e. The standard InChI is InChI=1S/C20H22ClN3S2/c1-3-24-19(17-12-25-18-9-13(2)7-8-16(17)18)22-23-20(24)26-11-14-5-4-6-15(21)10-14/h4-6,10,12-13H,3,7-9,11H2,1-2H3/t13-/m1/s1. The third-order valence-corrected chi connectivity index (χ3v) is 7.26. The lowest BCUT2D eigenvalue weighted by Crippen LogP contribution is -2.10. The minimum absolute atomic E-state index is 0.778. The minimum Gasteiger partial charge on any atom is -0.302 e. The molecule has 0 spiro atoms. The topological polar surface area (TPSA) is 30.7 Å². The molecule has 4 rings (SSSR count). The number of hydrogen-bond donors (Lipinski definition) is 0. The number of hydrogen-bond acceptors (Lipinski definition) is 4. The Labute approximate surface area is 167 Å². The number of fused-ring (bicyclic) bond motifs is 1. The van der Waals surface area contributed by atoms with Gasteiger partial charge in [-0.3, -0.25) is 0 Å². The summed E-state index contributed by atoms with van der Waals surface area (Å²) in [5.41, 5.74) is 4.00. The summed E-state index contributed by atoms with van der Waals surface area (Å²) < 4.78 is 2.25. The van der Waals surface area contributed by atoms with Crippen LogP contribution in [0.25, 0.3) is 11.4 Å². The number of halogens is 1. The van der Waals surface area contributed by atoms with Crippen LogP contribution >= 0.6 is 34.7 Å². The smallest absolute Gasteiger partial charge is 0.191 e. The molecule has 1 aromatic carbocycles. The van der Waals surface area contributed by atoms with E-state index in [-0.39, 0.29) is 0 Å². The van der Waals surface area contributed by atoms with E-state index in [2.05, 4.69) is 40.1 Å². The van der Waals surface area contributed by atoms with Gasteiger partial charge in [0.05, 0.1) is 0 Å². The zero-order chi connectivity index (χ0) is 18.1. The van der Waals surface area contributed by atoms with Gasteiger partial charge in [-0.05, 0) is 55.4 Å². The van der Waals surface area contributed by atoms with Crippen molar-refractivity contribution < 1.29 is 0 Å². The van der Waals surface area contributed by atoms with E-state index in [1.165, 1.54) is 34.4 Å². The zero-order valence-electron chi connectivity index (χ0n) is 15.0. The fourth-order valence-electron chi connectivity index (χ4n) is 3.52. The summed E-state index contributed by atoms with van der Waals surface area (Å²) >= 11 is 9.70. The average molecular weight is 404 g/mol. The Hall–Kier alpha value is -1.30. The molecule has 0 saturated heterocycles. The molecule has 0 bridgehead atoms. The van der Waals surface area contributed by atoms with Crippen LogP contribution < -0.4 is 0 Å². The number of nitrogens with zero attached hydrogens (tertiary/aromatic N) is 3. The Kier molecular flexibility index (Phi) is 5.39. The van der Waals surface area contributed by atoms with Crippen molar-refractivity contribution in [2.45, 2.75) is 50.6 Å². The summed E-state index contributed by atoms with van der Waals surface area (Å²) in [5.74, 6) is 2.66. The van der Waals surface area contributed by atoms with E-state index in [9.17, 15) is 0 Å². The van der Waals surface area contributed by atoms with E-state index >= 15 is 0 Å². The summed E-state index contributed by atoms with van der Waals surface area (Å²) in [6, 6.07) is 8.01. The van der Waals surface area contributed by atoms with Gasteiger partial charge >= 0.3 is 0 Å². The molecule has 0 aliphatic heterocycles. The molecule has 3 aromatic rings. The van der Waals surface area contributed by atoms with Gasteiger partial charge in [0, 0.05) is 33.1 Å². The molecule has 3 nitrogen and oxygen atoms in total. The molecule has 2 aromatic heterocycles. The molecule has 0 unspecified atom stereocenters. The van der Waals surface area contributed by atoms with Crippen molar-refractivity contribution in [1.29, 1.82) is 0 Å². The van der Waals surface area contributed by atoms with Crippen LogP contribution in [0.3, 0.4) is 0 Å². The van der Waals surface area contributed by atoms with Crippen molar-refractivity contribution in [3.05, 3.63) is 50.7 Å². The first-order valence-corrected chi connectivity index (χ1v) is 11.3. The molecular weight excluding hydrogens is 382 g/mol. The number of rotatable bonds is 5. The first kappa shape index (κ1) is 18.1. The van der Waals surface area contributed by atoms with Crippen LogP contribution in [0, 0.1) is 5.92 Å². The summed E-state index contributed by atoms with van der Waals surface area (Å²) in [5, 5.41) is 13.1. The molecule has 1 aliphatic carbocycles. The Morgan fingerprint density at radius 2 is 2.23 bits per heavy atom. The van der Waals surface area contributed by atoms with E-state index in [0.717, 1.165) is 40.6 Å². The highest BCUT2D eigenvalue weighted by Gasteiger charge is 2.24. The van der Waals surface area contributed by atoms with Crippen LogP contribution in [0.4, 0.5) is 0 Å². The zero-order valence-corrected chi connectivity index (χ0v) is 17.4. The molecular formula is C20H22ClN3S2. The summed E-state index contributed by atoms with van der Waals surface area (Å²) in [4.78, 5) is 1.54. The highest BCUT2D eigenvalue weighted by Crippen LogP contribution is 2.38. The van der Waals surface area contributed by atoms with Gasteiger partial charge in [0.25, 0.3) is 0 Å². The van der Waals surface area contributed by atoms with Gasteiger partial charge in [0.2, 0.25) is 0 Å². The molecule has 6 heteroatoms. The Morgan fingerprint density at radius 3 is 3.04 bits per heavy atom.